The molecule has 0 aliphatic carbocycles. The highest BCUT2D eigenvalue weighted by molar-refractivity contribution is 5.82. The molecule has 0 bridgehead atoms. The lowest BCUT2D eigenvalue weighted by atomic mass is 10.1. The van der Waals surface area contributed by atoms with Crippen molar-refractivity contribution in [2.45, 2.75) is 12.5 Å². The third kappa shape index (κ3) is 1.26. The topological polar surface area (TPSA) is 69.6 Å². The first-order valence-electron chi connectivity index (χ1n) is 4.08. The molecule has 14 heavy (non-hydrogen) atoms. The molecule has 0 spiro atoms. The number of carboxylic acid groups (broad SMARTS) is 1. The van der Waals surface area contributed by atoms with Crippen molar-refractivity contribution in [2.75, 3.05) is 5.32 Å². The monoisotopic (exact) mass is 197 g/mol. The van der Waals surface area contributed by atoms with Crippen LogP contribution in [-0.4, -0.2) is 22.2 Å². The zero-order chi connectivity index (χ0) is 10.3. The molecular weight excluding hydrogens is 189 g/mol. The van der Waals surface area contributed by atoms with Crippen LogP contribution in [0.1, 0.15) is 5.56 Å². The molecule has 0 fully saturated rings. The van der Waals surface area contributed by atoms with E-state index in [-0.39, 0.29) is 12.2 Å². The summed E-state index contributed by atoms with van der Waals surface area (Å²) in [6.45, 7) is 0. The summed E-state index contributed by atoms with van der Waals surface area (Å²) >= 11 is 0. The second kappa shape index (κ2) is 2.87. The third-order valence-electron chi connectivity index (χ3n) is 2.23. The first-order valence-corrected chi connectivity index (χ1v) is 4.08. The number of anilines is 1. The number of aliphatic carboxylic acids is 1. The Morgan fingerprint density at radius 2 is 2.29 bits per heavy atom. The minimum Gasteiger partial charge on any atom is -0.507 e. The van der Waals surface area contributed by atoms with Gasteiger partial charge in [0.15, 0.2) is 0 Å². The van der Waals surface area contributed by atoms with E-state index < -0.39 is 17.8 Å². The zero-order valence-electron chi connectivity index (χ0n) is 7.12. The van der Waals surface area contributed by atoms with Gasteiger partial charge < -0.3 is 15.5 Å². The van der Waals surface area contributed by atoms with E-state index in [0.717, 1.165) is 6.07 Å². The van der Waals surface area contributed by atoms with Crippen molar-refractivity contribution < 1.29 is 19.4 Å². The Hall–Kier alpha value is -1.78. The average molecular weight is 197 g/mol. The molecule has 0 aromatic heterocycles. The van der Waals surface area contributed by atoms with Gasteiger partial charge in [0, 0.05) is 23.7 Å². The molecule has 1 unspecified atom stereocenters. The van der Waals surface area contributed by atoms with Gasteiger partial charge in [-0.05, 0) is 6.07 Å². The third-order valence-corrected chi connectivity index (χ3v) is 2.23. The summed E-state index contributed by atoms with van der Waals surface area (Å²) in [5.74, 6) is -1.79. The molecule has 5 heteroatoms. The molecule has 0 saturated carbocycles. The molecule has 1 aliphatic heterocycles. The predicted octanol–water partition coefficient (Wildman–Crippen LogP) is 0.952. The van der Waals surface area contributed by atoms with Gasteiger partial charge in [0.2, 0.25) is 0 Å². The molecule has 1 aliphatic rings. The number of hydrogen-bond donors (Lipinski definition) is 3. The van der Waals surface area contributed by atoms with E-state index in [9.17, 15) is 14.3 Å². The fourth-order valence-corrected chi connectivity index (χ4v) is 1.56. The zero-order valence-corrected chi connectivity index (χ0v) is 7.12. The number of carbonyl (C=O) groups is 1. The van der Waals surface area contributed by atoms with Crippen molar-refractivity contribution in [2.24, 2.45) is 0 Å². The summed E-state index contributed by atoms with van der Waals surface area (Å²) in [5.41, 5.74) is 0.814. The molecular formula is C9H8FNO3. The smallest absolute Gasteiger partial charge is 0.326 e. The second-order valence-corrected chi connectivity index (χ2v) is 3.19. The van der Waals surface area contributed by atoms with Crippen molar-refractivity contribution in [3.63, 3.8) is 0 Å². The quantitative estimate of drug-likeness (QED) is 0.627. The number of carboxylic acids is 1. The molecule has 0 amide bonds. The van der Waals surface area contributed by atoms with E-state index in [1.165, 1.54) is 6.07 Å². The van der Waals surface area contributed by atoms with Crippen molar-refractivity contribution in [3.05, 3.63) is 23.5 Å². The van der Waals surface area contributed by atoms with Crippen molar-refractivity contribution in [1.29, 1.82) is 0 Å². The largest absolute Gasteiger partial charge is 0.507 e. The number of benzene rings is 1. The van der Waals surface area contributed by atoms with Crippen LogP contribution in [0.4, 0.5) is 10.1 Å². The van der Waals surface area contributed by atoms with Crippen molar-refractivity contribution in [1.82, 2.24) is 0 Å². The van der Waals surface area contributed by atoms with Crippen LogP contribution in [0.3, 0.4) is 0 Å². The Morgan fingerprint density at radius 3 is 2.93 bits per heavy atom. The van der Waals surface area contributed by atoms with E-state index in [1.54, 1.807) is 0 Å². The molecule has 2 rings (SSSR count). The molecule has 4 nitrogen and oxygen atoms in total. The highest BCUT2D eigenvalue weighted by Gasteiger charge is 2.28. The average Bonchev–Trinajstić information content (AvgIpc) is 2.47. The lowest BCUT2D eigenvalue weighted by molar-refractivity contribution is -0.137. The van der Waals surface area contributed by atoms with Gasteiger partial charge in [0.05, 0.1) is 0 Å². The van der Waals surface area contributed by atoms with Gasteiger partial charge in [-0.1, -0.05) is 0 Å². The summed E-state index contributed by atoms with van der Waals surface area (Å²) < 4.78 is 12.8. The lowest BCUT2D eigenvalue weighted by Crippen LogP contribution is -2.26. The number of hydrogen-bond acceptors (Lipinski definition) is 3. The van der Waals surface area contributed by atoms with Crippen LogP contribution in [-0.2, 0) is 11.2 Å². The molecule has 0 radical (unpaired) electrons. The minimum atomic E-state index is -1.01. The van der Waals surface area contributed by atoms with Crippen LogP contribution >= 0.6 is 0 Å². The molecule has 0 saturated heterocycles. The summed E-state index contributed by atoms with van der Waals surface area (Å²) in [6.07, 6.45) is 0.177. The highest BCUT2D eigenvalue weighted by atomic mass is 19.1. The van der Waals surface area contributed by atoms with Gasteiger partial charge in [0.1, 0.15) is 17.6 Å². The molecule has 1 atom stereocenters. The minimum absolute atomic E-state index is 0.177. The first-order chi connectivity index (χ1) is 6.58. The van der Waals surface area contributed by atoms with Gasteiger partial charge in [0.25, 0.3) is 0 Å². The Kier molecular flexibility index (Phi) is 1.80. The predicted molar refractivity (Wildman–Crippen MR) is 46.8 cm³/mol. The molecule has 3 N–H and O–H groups in total. The summed E-state index contributed by atoms with van der Waals surface area (Å²) in [6, 6.07) is 1.38. The van der Waals surface area contributed by atoms with E-state index in [2.05, 4.69) is 5.32 Å². The van der Waals surface area contributed by atoms with Crippen molar-refractivity contribution >= 4 is 11.7 Å². The maximum absolute atomic E-state index is 12.8. The number of halogens is 1. The Bertz CT molecular complexity index is 405. The maximum atomic E-state index is 12.8. The van der Waals surface area contributed by atoms with Gasteiger partial charge in [-0.15, -0.1) is 0 Å². The standard InChI is InChI=1S/C9H8FNO3/c10-4-1-6-5(8(12)2-4)3-7(11-6)9(13)14/h1-2,7,11-12H,3H2,(H,13,14). The molecule has 1 aromatic carbocycles. The summed E-state index contributed by atoms with van der Waals surface area (Å²) in [7, 11) is 0. The van der Waals surface area contributed by atoms with Gasteiger partial charge in [-0.25, -0.2) is 9.18 Å². The maximum Gasteiger partial charge on any atom is 0.326 e. The van der Waals surface area contributed by atoms with Gasteiger partial charge >= 0.3 is 5.97 Å². The fourth-order valence-electron chi connectivity index (χ4n) is 1.56. The summed E-state index contributed by atoms with van der Waals surface area (Å²) in [4.78, 5) is 10.6. The molecule has 1 aromatic rings. The Morgan fingerprint density at radius 1 is 1.57 bits per heavy atom. The SMILES string of the molecule is O=C(O)C1Cc2c(O)cc(F)cc2N1. The second-order valence-electron chi connectivity index (χ2n) is 3.19. The van der Waals surface area contributed by atoms with Crippen LogP contribution < -0.4 is 5.32 Å². The normalized spacial score (nSPS) is 18.8. The van der Waals surface area contributed by atoms with Gasteiger partial charge in [-0.3, -0.25) is 0 Å². The molecule has 74 valence electrons. The Balaban J connectivity index is 2.39. The van der Waals surface area contributed by atoms with Crippen LogP contribution in [0.2, 0.25) is 0 Å². The Labute approximate surface area is 79.0 Å². The van der Waals surface area contributed by atoms with Crippen molar-refractivity contribution in [3.8, 4) is 5.75 Å². The van der Waals surface area contributed by atoms with E-state index in [4.69, 9.17) is 5.11 Å². The molecule has 1 heterocycles. The number of phenolic OH excluding ortho intramolecular Hbond substituents is 1. The lowest BCUT2D eigenvalue weighted by Gasteiger charge is -2.03. The number of aromatic hydroxyl groups is 1. The first kappa shape index (κ1) is 8.80. The number of nitrogens with one attached hydrogen (secondary N) is 1. The van der Waals surface area contributed by atoms with Crippen LogP contribution in [0.25, 0.3) is 0 Å². The van der Waals surface area contributed by atoms with Gasteiger partial charge in [-0.2, -0.15) is 0 Å². The van der Waals surface area contributed by atoms with E-state index >= 15 is 0 Å². The van der Waals surface area contributed by atoms with Crippen LogP contribution in [0, 0.1) is 5.82 Å². The fraction of sp³-hybridized carbons (Fsp3) is 0.222. The summed E-state index contributed by atoms with van der Waals surface area (Å²) in [5, 5.41) is 20.7. The van der Waals surface area contributed by atoms with E-state index in [0.29, 0.717) is 11.3 Å². The number of phenols is 1. The van der Waals surface area contributed by atoms with E-state index in [1.807, 2.05) is 0 Å². The van der Waals surface area contributed by atoms with Crippen LogP contribution in [0.5, 0.6) is 5.75 Å². The number of rotatable bonds is 1. The van der Waals surface area contributed by atoms with Crippen LogP contribution in [0.15, 0.2) is 12.1 Å². The number of fused-ring (bicyclic) bond motifs is 1. The highest BCUT2D eigenvalue weighted by Crippen LogP contribution is 2.33.